The highest BCUT2D eigenvalue weighted by molar-refractivity contribution is 6.44. The van der Waals surface area contributed by atoms with E-state index in [1.807, 2.05) is 0 Å². The van der Waals surface area contributed by atoms with E-state index in [4.69, 9.17) is 0 Å². The van der Waals surface area contributed by atoms with Gasteiger partial charge in [0.15, 0.2) is 0 Å². The Kier molecular flexibility index (Phi) is 4.35. The van der Waals surface area contributed by atoms with E-state index in [9.17, 15) is 14.4 Å². The number of para-hydroxylation sites is 2. The maximum absolute atomic E-state index is 12.9. The van der Waals surface area contributed by atoms with Crippen LogP contribution >= 0.6 is 0 Å². The Morgan fingerprint density at radius 3 is 1.48 bits per heavy atom. The molecule has 3 rings (SSSR count). The van der Waals surface area contributed by atoms with Crippen molar-refractivity contribution in [3.05, 3.63) is 72.4 Å². The standard InChI is InChI=1S/C19H17N3O3/c1-20(2)13-16-17(23)21(14-9-5-3-6-10-14)19(25)22(18(16)24)15-11-7-4-8-12-15/h3-13H,1-2H3. The number of carbonyl (C=O) groups excluding carboxylic acids is 3. The van der Waals surface area contributed by atoms with Gasteiger partial charge in [-0.15, -0.1) is 0 Å². The van der Waals surface area contributed by atoms with Crippen LogP contribution in [0.1, 0.15) is 0 Å². The first kappa shape index (κ1) is 16.4. The van der Waals surface area contributed by atoms with Crippen molar-refractivity contribution in [2.75, 3.05) is 23.9 Å². The summed E-state index contributed by atoms with van der Waals surface area (Å²) in [6.45, 7) is 0. The number of benzene rings is 2. The predicted octanol–water partition coefficient (Wildman–Crippen LogP) is 2.63. The molecule has 0 aromatic heterocycles. The van der Waals surface area contributed by atoms with Crippen LogP contribution in [0.25, 0.3) is 0 Å². The molecule has 0 spiro atoms. The molecular formula is C19H17N3O3. The number of anilines is 2. The van der Waals surface area contributed by atoms with Gasteiger partial charge < -0.3 is 4.90 Å². The van der Waals surface area contributed by atoms with Gasteiger partial charge in [0.25, 0.3) is 11.8 Å². The SMILES string of the molecule is CN(C)C=C1C(=O)N(c2ccccc2)C(=O)N(c2ccccc2)C1=O. The molecule has 0 unspecified atom stereocenters. The average molecular weight is 335 g/mol. The maximum Gasteiger partial charge on any atom is 0.343 e. The lowest BCUT2D eigenvalue weighted by atomic mass is 10.1. The van der Waals surface area contributed by atoms with Crippen molar-refractivity contribution in [3.63, 3.8) is 0 Å². The van der Waals surface area contributed by atoms with Crippen molar-refractivity contribution in [1.82, 2.24) is 4.90 Å². The summed E-state index contributed by atoms with van der Waals surface area (Å²) in [5, 5.41) is 0. The maximum atomic E-state index is 12.9. The topological polar surface area (TPSA) is 60.9 Å². The number of nitrogens with zero attached hydrogens (tertiary/aromatic N) is 3. The summed E-state index contributed by atoms with van der Waals surface area (Å²) in [6, 6.07) is 16.4. The Bertz CT molecular complexity index is 781. The fourth-order valence-electron chi connectivity index (χ4n) is 2.58. The summed E-state index contributed by atoms with van der Waals surface area (Å²) >= 11 is 0. The molecule has 2 aromatic carbocycles. The van der Waals surface area contributed by atoms with E-state index >= 15 is 0 Å². The molecule has 25 heavy (non-hydrogen) atoms. The highest BCUT2D eigenvalue weighted by atomic mass is 16.2. The molecule has 1 aliphatic rings. The van der Waals surface area contributed by atoms with Crippen LogP contribution < -0.4 is 9.80 Å². The van der Waals surface area contributed by atoms with E-state index in [2.05, 4.69) is 0 Å². The van der Waals surface area contributed by atoms with E-state index < -0.39 is 17.8 Å². The molecule has 4 amide bonds. The van der Waals surface area contributed by atoms with Crippen molar-refractivity contribution in [1.29, 1.82) is 0 Å². The normalized spacial score (nSPS) is 14.8. The Labute approximate surface area is 145 Å². The first-order chi connectivity index (χ1) is 12.0. The first-order valence-corrected chi connectivity index (χ1v) is 7.72. The van der Waals surface area contributed by atoms with Gasteiger partial charge in [-0.3, -0.25) is 9.59 Å². The molecule has 0 atom stereocenters. The molecule has 1 fully saturated rings. The fraction of sp³-hybridized carbons (Fsp3) is 0.105. The van der Waals surface area contributed by atoms with Gasteiger partial charge in [-0.2, -0.15) is 0 Å². The molecule has 2 aromatic rings. The Morgan fingerprint density at radius 1 is 0.720 bits per heavy atom. The zero-order valence-electron chi connectivity index (χ0n) is 13.9. The lowest BCUT2D eigenvalue weighted by Crippen LogP contribution is -2.57. The van der Waals surface area contributed by atoms with Gasteiger partial charge in [0.05, 0.1) is 11.4 Å². The third-order valence-corrected chi connectivity index (χ3v) is 3.67. The van der Waals surface area contributed by atoms with Crippen LogP contribution in [-0.4, -0.2) is 36.8 Å². The van der Waals surface area contributed by atoms with Crippen LogP contribution in [-0.2, 0) is 9.59 Å². The van der Waals surface area contributed by atoms with Crippen molar-refractivity contribution >= 4 is 29.2 Å². The number of hydrogen-bond donors (Lipinski definition) is 0. The second kappa shape index (κ2) is 6.60. The summed E-state index contributed by atoms with van der Waals surface area (Å²) in [6.07, 6.45) is 1.43. The van der Waals surface area contributed by atoms with Gasteiger partial charge in [-0.1, -0.05) is 36.4 Å². The number of barbiturate groups is 1. The highest BCUT2D eigenvalue weighted by Crippen LogP contribution is 2.28. The lowest BCUT2D eigenvalue weighted by Gasteiger charge is -2.34. The summed E-state index contributed by atoms with van der Waals surface area (Å²) in [5.41, 5.74) is 0.753. The molecular weight excluding hydrogens is 318 g/mol. The molecule has 6 heteroatoms. The van der Waals surface area contributed by atoms with Crippen LogP contribution in [0.3, 0.4) is 0 Å². The van der Waals surface area contributed by atoms with Crippen LogP contribution in [0.4, 0.5) is 16.2 Å². The van der Waals surface area contributed by atoms with Crippen molar-refractivity contribution in [2.24, 2.45) is 0 Å². The third kappa shape index (κ3) is 3.01. The van der Waals surface area contributed by atoms with E-state index in [0.29, 0.717) is 11.4 Å². The number of urea groups is 1. The van der Waals surface area contributed by atoms with E-state index in [0.717, 1.165) is 9.80 Å². The van der Waals surface area contributed by atoms with Crippen LogP contribution in [0.5, 0.6) is 0 Å². The van der Waals surface area contributed by atoms with Gasteiger partial charge in [-0.05, 0) is 24.3 Å². The summed E-state index contributed by atoms with van der Waals surface area (Å²) in [5.74, 6) is -1.27. The van der Waals surface area contributed by atoms with E-state index in [-0.39, 0.29) is 5.57 Å². The van der Waals surface area contributed by atoms with Gasteiger partial charge in [0, 0.05) is 20.3 Å². The molecule has 1 saturated heterocycles. The largest absolute Gasteiger partial charge is 0.383 e. The van der Waals surface area contributed by atoms with E-state index in [1.165, 1.54) is 6.20 Å². The van der Waals surface area contributed by atoms with Gasteiger partial charge in [-0.25, -0.2) is 14.6 Å². The van der Waals surface area contributed by atoms with Crippen LogP contribution in [0, 0.1) is 0 Å². The fourth-order valence-corrected chi connectivity index (χ4v) is 2.58. The van der Waals surface area contributed by atoms with E-state index in [1.54, 1.807) is 79.7 Å². The van der Waals surface area contributed by atoms with Crippen LogP contribution in [0.15, 0.2) is 72.4 Å². The molecule has 1 aliphatic heterocycles. The molecule has 0 bridgehead atoms. The van der Waals surface area contributed by atoms with Crippen molar-refractivity contribution < 1.29 is 14.4 Å². The highest BCUT2D eigenvalue weighted by Gasteiger charge is 2.43. The minimum atomic E-state index is -0.691. The Balaban J connectivity index is 2.15. The number of amides is 4. The molecule has 6 nitrogen and oxygen atoms in total. The molecule has 0 saturated carbocycles. The molecule has 1 heterocycles. The summed E-state index contributed by atoms with van der Waals surface area (Å²) in [4.78, 5) is 42.2. The summed E-state index contributed by atoms with van der Waals surface area (Å²) < 4.78 is 0. The molecule has 0 N–H and O–H groups in total. The molecule has 126 valence electrons. The number of imide groups is 2. The molecule has 0 radical (unpaired) electrons. The monoisotopic (exact) mass is 335 g/mol. The third-order valence-electron chi connectivity index (χ3n) is 3.67. The molecule has 0 aliphatic carbocycles. The van der Waals surface area contributed by atoms with Crippen LogP contribution in [0.2, 0.25) is 0 Å². The van der Waals surface area contributed by atoms with Gasteiger partial charge >= 0.3 is 6.03 Å². The van der Waals surface area contributed by atoms with Crippen molar-refractivity contribution in [2.45, 2.75) is 0 Å². The number of rotatable bonds is 3. The van der Waals surface area contributed by atoms with Crippen molar-refractivity contribution in [3.8, 4) is 0 Å². The Hall–Kier alpha value is -3.41. The van der Waals surface area contributed by atoms with Gasteiger partial charge in [0.1, 0.15) is 5.57 Å². The number of hydrogen-bond acceptors (Lipinski definition) is 4. The minimum absolute atomic E-state index is 0.0719. The second-order valence-electron chi connectivity index (χ2n) is 5.74. The zero-order valence-corrected chi connectivity index (χ0v) is 13.9. The average Bonchev–Trinajstić information content (AvgIpc) is 2.60. The smallest absolute Gasteiger partial charge is 0.343 e. The van der Waals surface area contributed by atoms with Gasteiger partial charge in [0.2, 0.25) is 0 Å². The first-order valence-electron chi connectivity index (χ1n) is 7.72. The Morgan fingerprint density at radius 2 is 1.12 bits per heavy atom. The lowest BCUT2D eigenvalue weighted by molar-refractivity contribution is -0.121. The zero-order chi connectivity index (χ0) is 18.0. The minimum Gasteiger partial charge on any atom is -0.383 e. The number of carbonyl (C=O) groups is 3. The second-order valence-corrected chi connectivity index (χ2v) is 5.74. The summed E-state index contributed by atoms with van der Waals surface area (Å²) in [7, 11) is 3.42. The predicted molar refractivity (Wildman–Crippen MR) is 95.0 cm³/mol. The quantitative estimate of drug-likeness (QED) is 0.639.